The summed E-state index contributed by atoms with van der Waals surface area (Å²) in [5, 5.41) is 2.24. The number of carbonyl (C=O) groups excluding carboxylic acids is 2. The van der Waals surface area contributed by atoms with Gasteiger partial charge in [-0.25, -0.2) is 0 Å². The van der Waals surface area contributed by atoms with Gasteiger partial charge in [-0.1, -0.05) is 74.5 Å². The Kier molecular flexibility index (Phi) is 10.5. The van der Waals surface area contributed by atoms with Gasteiger partial charge < -0.3 is 18.9 Å². The normalized spacial score (nSPS) is 15.1. The summed E-state index contributed by atoms with van der Waals surface area (Å²) in [7, 11) is 0. The molecule has 1 fully saturated rings. The second-order valence-electron chi connectivity index (χ2n) is 11.5. The first-order valence-electron chi connectivity index (χ1n) is 15.6. The van der Waals surface area contributed by atoms with Crippen molar-refractivity contribution < 1.29 is 19.1 Å². The lowest BCUT2D eigenvalue weighted by Crippen LogP contribution is -2.61. The number of para-hydroxylation sites is 1. The molecule has 2 heterocycles. The van der Waals surface area contributed by atoms with E-state index in [1.54, 1.807) is 53.4 Å². The third-order valence-electron chi connectivity index (χ3n) is 8.29. The molecule has 5 rings (SSSR count). The Morgan fingerprint density at radius 1 is 0.841 bits per heavy atom. The van der Waals surface area contributed by atoms with Crippen LogP contribution < -0.4 is 9.47 Å². The van der Waals surface area contributed by atoms with Gasteiger partial charge in [-0.3, -0.25) is 9.59 Å². The molecular formula is C36H40Cl2N2O4. The zero-order valence-electron chi connectivity index (χ0n) is 25.4. The number of halogens is 2. The van der Waals surface area contributed by atoms with Gasteiger partial charge in [-0.2, -0.15) is 0 Å². The molecule has 1 aliphatic rings. The molecule has 8 heteroatoms. The van der Waals surface area contributed by atoms with Crippen LogP contribution in [0, 0.1) is 0 Å². The van der Waals surface area contributed by atoms with Gasteiger partial charge in [-0.05, 0) is 79.4 Å². The van der Waals surface area contributed by atoms with E-state index in [4.69, 9.17) is 32.7 Å². The number of fused-ring (bicyclic) bond motifs is 1. The number of aromatic nitrogens is 1. The van der Waals surface area contributed by atoms with Gasteiger partial charge in [0.15, 0.2) is 0 Å². The highest BCUT2D eigenvalue weighted by Crippen LogP contribution is 2.37. The number of benzene rings is 3. The zero-order chi connectivity index (χ0) is 31.1. The van der Waals surface area contributed by atoms with E-state index in [2.05, 4.69) is 48.9 Å². The van der Waals surface area contributed by atoms with Crippen LogP contribution in [0.3, 0.4) is 0 Å². The number of hydrogen-bond donors (Lipinski definition) is 0. The molecule has 0 bridgehead atoms. The van der Waals surface area contributed by atoms with Crippen LogP contribution in [0.4, 0.5) is 0 Å². The average Bonchev–Trinajstić information content (AvgIpc) is 3.67. The van der Waals surface area contributed by atoms with Crippen LogP contribution in [0.2, 0.25) is 10.0 Å². The lowest BCUT2D eigenvalue weighted by molar-refractivity contribution is -0.184. The summed E-state index contributed by atoms with van der Waals surface area (Å²) in [5.74, 6) is -2.38. The number of hydrogen-bond acceptors (Lipinski definition) is 4. The lowest BCUT2D eigenvalue weighted by atomic mass is 9.98. The lowest BCUT2D eigenvalue weighted by Gasteiger charge is -2.35. The molecule has 1 aromatic heterocycles. The molecule has 0 N–H and O–H groups in total. The number of aryl methyl sites for hydroxylation is 1. The Morgan fingerprint density at radius 2 is 1.45 bits per heavy atom. The summed E-state index contributed by atoms with van der Waals surface area (Å²) in [6.45, 7) is 6.15. The quantitative estimate of drug-likeness (QED) is 0.0788. The van der Waals surface area contributed by atoms with Gasteiger partial charge in [0.2, 0.25) is 5.78 Å². The fraction of sp³-hybridized carbons (Fsp3) is 0.389. The van der Waals surface area contributed by atoms with Gasteiger partial charge in [0.05, 0.1) is 0 Å². The number of likely N-dealkylation sites (tertiary alicyclic amines) is 1. The summed E-state index contributed by atoms with van der Waals surface area (Å²) in [5.41, 5.74) is 2.43. The van der Waals surface area contributed by atoms with Crippen LogP contribution in [-0.4, -0.2) is 40.0 Å². The molecular weight excluding hydrogens is 595 g/mol. The maximum Gasteiger partial charge on any atom is 0.394 e. The van der Waals surface area contributed by atoms with E-state index in [0.717, 1.165) is 38.6 Å². The van der Waals surface area contributed by atoms with Crippen LogP contribution in [0.25, 0.3) is 10.9 Å². The number of carbonyl (C=O) groups is 2. The molecule has 0 radical (unpaired) electrons. The number of ether oxygens (including phenoxy) is 2. The van der Waals surface area contributed by atoms with Crippen molar-refractivity contribution in [2.24, 2.45) is 0 Å². The molecule has 1 aliphatic heterocycles. The van der Waals surface area contributed by atoms with Gasteiger partial charge in [-0.15, -0.1) is 0 Å². The Labute approximate surface area is 269 Å². The molecule has 232 valence electrons. The van der Waals surface area contributed by atoms with Crippen LogP contribution in [0.5, 0.6) is 11.5 Å². The number of amides is 1. The van der Waals surface area contributed by atoms with Gasteiger partial charge in [0.25, 0.3) is 0 Å². The second kappa shape index (κ2) is 14.5. The third-order valence-corrected chi connectivity index (χ3v) is 8.80. The first-order valence-corrected chi connectivity index (χ1v) is 16.4. The molecule has 1 amide bonds. The highest BCUT2D eigenvalue weighted by atomic mass is 35.5. The maximum atomic E-state index is 14.7. The van der Waals surface area contributed by atoms with Crippen molar-refractivity contribution in [1.82, 2.24) is 9.47 Å². The smallest absolute Gasteiger partial charge is 0.394 e. The molecule has 1 unspecified atom stereocenters. The van der Waals surface area contributed by atoms with Gasteiger partial charge >= 0.3 is 11.7 Å². The fourth-order valence-electron chi connectivity index (χ4n) is 5.90. The Balaban J connectivity index is 1.50. The van der Waals surface area contributed by atoms with Crippen molar-refractivity contribution in [3.05, 3.63) is 94.6 Å². The number of rotatable bonds is 14. The van der Waals surface area contributed by atoms with Crippen molar-refractivity contribution in [2.45, 2.75) is 77.0 Å². The second-order valence-corrected chi connectivity index (χ2v) is 12.4. The van der Waals surface area contributed by atoms with E-state index in [-0.39, 0.29) is 12.3 Å². The molecule has 1 atom stereocenters. The van der Waals surface area contributed by atoms with Crippen molar-refractivity contribution in [1.29, 1.82) is 0 Å². The van der Waals surface area contributed by atoms with Gasteiger partial charge in [0.1, 0.15) is 11.5 Å². The minimum atomic E-state index is -2.21. The first-order chi connectivity index (χ1) is 21.3. The zero-order valence-corrected chi connectivity index (χ0v) is 26.9. The first kappa shape index (κ1) is 31.9. The highest BCUT2D eigenvalue weighted by Gasteiger charge is 2.54. The van der Waals surface area contributed by atoms with E-state index < -0.39 is 17.5 Å². The van der Waals surface area contributed by atoms with E-state index in [0.29, 0.717) is 41.1 Å². The molecule has 3 aromatic carbocycles. The molecule has 0 saturated carbocycles. The average molecular weight is 636 g/mol. The predicted octanol–water partition coefficient (Wildman–Crippen LogP) is 9.07. The molecule has 4 aromatic rings. The third kappa shape index (κ3) is 7.08. The summed E-state index contributed by atoms with van der Waals surface area (Å²) in [6, 6.07) is 21.7. The molecule has 0 spiro atoms. The number of Topliss-reactive ketones (excluding diaryl/α,β-unsaturated/α-hetero) is 1. The maximum absolute atomic E-state index is 14.7. The molecule has 6 nitrogen and oxygen atoms in total. The van der Waals surface area contributed by atoms with Crippen molar-refractivity contribution >= 4 is 45.8 Å². The Morgan fingerprint density at radius 3 is 2.07 bits per heavy atom. The predicted molar refractivity (Wildman–Crippen MR) is 177 cm³/mol. The summed E-state index contributed by atoms with van der Waals surface area (Å²) in [6.07, 6.45) is 7.78. The molecule has 0 aliphatic carbocycles. The Hall–Kier alpha value is -3.48. The van der Waals surface area contributed by atoms with Crippen molar-refractivity contribution in [3.8, 4) is 11.5 Å². The minimum Gasteiger partial charge on any atom is -0.439 e. The van der Waals surface area contributed by atoms with E-state index in [1.807, 2.05) is 0 Å². The highest BCUT2D eigenvalue weighted by molar-refractivity contribution is 6.30. The number of ketones is 1. The topological polar surface area (TPSA) is 60.8 Å². The van der Waals surface area contributed by atoms with Crippen LogP contribution in [0.15, 0.2) is 79.0 Å². The summed E-state index contributed by atoms with van der Waals surface area (Å²) >= 11 is 12.3. The SMILES string of the molecule is CCCCCC(=O)C(Oc1ccc(Cl)cc1)(Oc1ccc(Cl)cc1)C(=O)N1CCC(c2cn(CCCC)c3ccccc23)C1. The largest absolute Gasteiger partial charge is 0.439 e. The van der Waals surface area contributed by atoms with E-state index in [1.165, 1.54) is 16.5 Å². The Bertz CT molecular complexity index is 1520. The number of unbranched alkanes of at least 4 members (excludes halogenated alkanes) is 3. The minimum absolute atomic E-state index is 0.116. The fourth-order valence-corrected chi connectivity index (χ4v) is 6.15. The van der Waals surface area contributed by atoms with Crippen molar-refractivity contribution in [2.75, 3.05) is 13.1 Å². The summed E-state index contributed by atoms with van der Waals surface area (Å²) in [4.78, 5) is 30.6. The molecule has 44 heavy (non-hydrogen) atoms. The monoisotopic (exact) mass is 634 g/mol. The van der Waals surface area contributed by atoms with Gasteiger partial charge in [0, 0.05) is 59.1 Å². The summed E-state index contributed by atoms with van der Waals surface area (Å²) < 4.78 is 15.0. The van der Waals surface area contributed by atoms with E-state index in [9.17, 15) is 9.59 Å². The van der Waals surface area contributed by atoms with Crippen molar-refractivity contribution in [3.63, 3.8) is 0 Å². The van der Waals surface area contributed by atoms with Crippen LogP contribution in [0.1, 0.15) is 70.3 Å². The van der Waals surface area contributed by atoms with Crippen LogP contribution >= 0.6 is 23.2 Å². The van der Waals surface area contributed by atoms with Crippen LogP contribution in [-0.2, 0) is 16.1 Å². The molecule has 1 saturated heterocycles. The standard InChI is InChI=1S/C36H40Cl2N2O4/c1-3-5-7-12-34(41)36(43-29-17-13-27(37)14-18-29,44-30-19-15-28(38)16-20-30)35(42)40-23-21-26(24-40)32-25-39(22-6-4-2)33-11-9-8-10-31(32)33/h8-11,13-20,25-26H,3-7,12,21-24H2,1-2H3. The van der Waals surface area contributed by atoms with E-state index >= 15 is 0 Å². The number of nitrogens with zero attached hydrogens (tertiary/aromatic N) is 2.